The summed E-state index contributed by atoms with van der Waals surface area (Å²) < 4.78 is 10.3. The summed E-state index contributed by atoms with van der Waals surface area (Å²) >= 11 is 5.88. The van der Waals surface area contributed by atoms with Crippen LogP contribution in [0.1, 0.15) is 13.8 Å². The van der Waals surface area contributed by atoms with Crippen LogP contribution in [0.15, 0.2) is 24.3 Å². The Labute approximate surface area is 93.9 Å². The van der Waals surface area contributed by atoms with E-state index in [1.807, 2.05) is 12.1 Å². The highest BCUT2D eigenvalue weighted by Crippen LogP contribution is 2.23. The molecule has 0 heterocycles. The average molecular weight is 229 g/mol. The van der Waals surface area contributed by atoms with Gasteiger partial charge in [-0.1, -0.05) is 23.7 Å². The second-order valence-corrected chi connectivity index (χ2v) is 3.57. The summed E-state index contributed by atoms with van der Waals surface area (Å²) in [6, 6.07) is 7.17. The molecule has 0 saturated carbocycles. The van der Waals surface area contributed by atoms with E-state index in [0.29, 0.717) is 17.4 Å². The van der Waals surface area contributed by atoms with Crippen molar-refractivity contribution < 1.29 is 14.3 Å². The average Bonchev–Trinajstić information content (AvgIpc) is 2.15. The molecule has 0 amide bonds. The normalized spacial score (nSPS) is 11.9. The number of hydrogen-bond donors (Lipinski definition) is 0. The minimum atomic E-state index is -0.315. The van der Waals surface area contributed by atoms with Gasteiger partial charge in [-0.25, -0.2) is 0 Å². The van der Waals surface area contributed by atoms with Gasteiger partial charge in [-0.15, -0.1) is 0 Å². The lowest BCUT2D eigenvalue weighted by Crippen LogP contribution is -2.20. The molecular formula is C11H13ClO3. The van der Waals surface area contributed by atoms with Crippen LogP contribution in [0.3, 0.4) is 0 Å². The fraction of sp³-hybridized carbons (Fsp3) is 0.364. The molecule has 0 saturated heterocycles. The lowest BCUT2D eigenvalue weighted by atomic mass is 10.3. The van der Waals surface area contributed by atoms with Gasteiger partial charge in [-0.2, -0.15) is 0 Å². The Balaban J connectivity index is 2.43. The smallest absolute Gasteiger partial charge is 0.303 e. The zero-order valence-electron chi connectivity index (χ0n) is 8.70. The Morgan fingerprint density at radius 1 is 1.47 bits per heavy atom. The van der Waals surface area contributed by atoms with Gasteiger partial charge in [0, 0.05) is 6.92 Å². The van der Waals surface area contributed by atoms with Crippen molar-refractivity contribution in [2.75, 3.05) is 6.61 Å². The van der Waals surface area contributed by atoms with Crippen molar-refractivity contribution in [1.29, 1.82) is 0 Å². The molecule has 0 fully saturated rings. The fourth-order valence-electron chi connectivity index (χ4n) is 1.09. The van der Waals surface area contributed by atoms with Crippen LogP contribution in [-0.4, -0.2) is 18.7 Å². The maximum absolute atomic E-state index is 10.6. The van der Waals surface area contributed by atoms with Crippen LogP contribution < -0.4 is 4.74 Å². The summed E-state index contributed by atoms with van der Waals surface area (Å²) in [6.07, 6.45) is -0.279. The highest BCUT2D eigenvalue weighted by molar-refractivity contribution is 6.32. The number of halogens is 1. The Kier molecular flexibility index (Phi) is 4.43. The number of ether oxygens (including phenoxy) is 2. The fourth-order valence-corrected chi connectivity index (χ4v) is 1.28. The van der Waals surface area contributed by atoms with Crippen LogP contribution in [-0.2, 0) is 9.53 Å². The summed E-state index contributed by atoms with van der Waals surface area (Å²) in [5.74, 6) is 0.281. The molecule has 0 aromatic heterocycles. The van der Waals surface area contributed by atoms with Gasteiger partial charge in [0.25, 0.3) is 0 Å². The first-order chi connectivity index (χ1) is 7.09. The standard InChI is InChI=1S/C11H13ClO3/c1-8(15-9(2)13)7-14-11-6-4-3-5-10(11)12/h3-6,8H,7H2,1-2H3. The zero-order chi connectivity index (χ0) is 11.3. The van der Waals surface area contributed by atoms with Gasteiger partial charge in [0.05, 0.1) is 5.02 Å². The quantitative estimate of drug-likeness (QED) is 0.744. The molecule has 1 aromatic carbocycles. The maximum Gasteiger partial charge on any atom is 0.303 e. The minimum Gasteiger partial charge on any atom is -0.488 e. The molecule has 0 aliphatic carbocycles. The van der Waals surface area contributed by atoms with Gasteiger partial charge >= 0.3 is 5.97 Å². The molecule has 0 aliphatic heterocycles. The van der Waals surface area contributed by atoms with E-state index in [0.717, 1.165) is 0 Å². The first-order valence-electron chi connectivity index (χ1n) is 4.64. The summed E-state index contributed by atoms with van der Waals surface area (Å²) in [7, 11) is 0. The molecule has 3 nitrogen and oxygen atoms in total. The molecule has 1 aromatic rings. The highest BCUT2D eigenvalue weighted by atomic mass is 35.5. The predicted octanol–water partition coefficient (Wildman–Crippen LogP) is 2.67. The molecule has 4 heteroatoms. The first-order valence-corrected chi connectivity index (χ1v) is 5.02. The third-order valence-corrected chi connectivity index (χ3v) is 1.99. The number of carbonyl (C=O) groups excluding carboxylic acids is 1. The topological polar surface area (TPSA) is 35.5 Å². The Hall–Kier alpha value is -1.22. The SMILES string of the molecule is CC(=O)OC(C)COc1ccccc1Cl. The predicted molar refractivity (Wildman–Crippen MR) is 58.2 cm³/mol. The maximum atomic E-state index is 10.6. The Morgan fingerprint density at radius 3 is 2.73 bits per heavy atom. The number of hydrogen-bond acceptors (Lipinski definition) is 3. The van der Waals surface area contributed by atoms with Crippen molar-refractivity contribution in [1.82, 2.24) is 0 Å². The van der Waals surface area contributed by atoms with Gasteiger partial charge in [0.1, 0.15) is 18.5 Å². The largest absolute Gasteiger partial charge is 0.488 e. The van der Waals surface area contributed by atoms with E-state index in [1.54, 1.807) is 19.1 Å². The van der Waals surface area contributed by atoms with Gasteiger partial charge in [-0.05, 0) is 19.1 Å². The van der Waals surface area contributed by atoms with Crippen LogP contribution in [0.5, 0.6) is 5.75 Å². The molecule has 0 N–H and O–H groups in total. The van der Waals surface area contributed by atoms with Crippen LogP contribution >= 0.6 is 11.6 Å². The number of esters is 1. The monoisotopic (exact) mass is 228 g/mol. The van der Waals surface area contributed by atoms with Crippen LogP contribution in [0, 0.1) is 0 Å². The van der Waals surface area contributed by atoms with E-state index in [9.17, 15) is 4.79 Å². The molecular weight excluding hydrogens is 216 g/mol. The number of para-hydroxylation sites is 1. The third kappa shape index (κ3) is 4.21. The molecule has 0 bridgehead atoms. The number of benzene rings is 1. The molecule has 15 heavy (non-hydrogen) atoms. The summed E-state index contributed by atoms with van der Waals surface area (Å²) in [4.78, 5) is 10.6. The van der Waals surface area contributed by atoms with E-state index >= 15 is 0 Å². The Morgan fingerprint density at radius 2 is 2.13 bits per heavy atom. The zero-order valence-corrected chi connectivity index (χ0v) is 9.45. The molecule has 1 atom stereocenters. The number of rotatable bonds is 4. The summed E-state index contributed by atoms with van der Waals surface area (Å²) in [5, 5.41) is 0.549. The van der Waals surface area contributed by atoms with Gasteiger partial charge < -0.3 is 9.47 Å². The molecule has 1 rings (SSSR count). The third-order valence-electron chi connectivity index (χ3n) is 1.68. The second-order valence-electron chi connectivity index (χ2n) is 3.16. The van der Waals surface area contributed by atoms with Crippen LogP contribution in [0.4, 0.5) is 0 Å². The van der Waals surface area contributed by atoms with Crippen molar-refractivity contribution in [3.8, 4) is 5.75 Å². The number of carbonyl (C=O) groups is 1. The first kappa shape index (κ1) is 11.9. The lowest BCUT2D eigenvalue weighted by Gasteiger charge is -2.13. The lowest BCUT2D eigenvalue weighted by molar-refractivity contribution is -0.146. The van der Waals surface area contributed by atoms with E-state index in [4.69, 9.17) is 21.1 Å². The van der Waals surface area contributed by atoms with Gasteiger partial charge in [0.15, 0.2) is 0 Å². The molecule has 82 valence electrons. The van der Waals surface area contributed by atoms with Crippen LogP contribution in [0.2, 0.25) is 5.02 Å². The van der Waals surface area contributed by atoms with E-state index in [-0.39, 0.29) is 12.1 Å². The van der Waals surface area contributed by atoms with E-state index in [1.165, 1.54) is 6.92 Å². The van der Waals surface area contributed by atoms with Gasteiger partial charge in [-0.3, -0.25) is 4.79 Å². The summed E-state index contributed by atoms with van der Waals surface area (Å²) in [6.45, 7) is 3.42. The molecule has 0 aliphatic rings. The Bertz CT molecular complexity index is 338. The van der Waals surface area contributed by atoms with E-state index in [2.05, 4.69) is 0 Å². The highest BCUT2D eigenvalue weighted by Gasteiger charge is 2.07. The van der Waals surface area contributed by atoms with Crippen LogP contribution in [0.25, 0.3) is 0 Å². The second kappa shape index (κ2) is 5.61. The molecule has 0 radical (unpaired) electrons. The van der Waals surface area contributed by atoms with Crippen molar-refractivity contribution in [3.63, 3.8) is 0 Å². The van der Waals surface area contributed by atoms with Gasteiger partial charge in [0.2, 0.25) is 0 Å². The van der Waals surface area contributed by atoms with Crippen molar-refractivity contribution in [2.24, 2.45) is 0 Å². The van der Waals surface area contributed by atoms with Crippen molar-refractivity contribution >= 4 is 17.6 Å². The molecule has 0 spiro atoms. The minimum absolute atomic E-state index is 0.279. The summed E-state index contributed by atoms with van der Waals surface area (Å²) in [5.41, 5.74) is 0. The van der Waals surface area contributed by atoms with E-state index < -0.39 is 0 Å². The van der Waals surface area contributed by atoms with Crippen molar-refractivity contribution in [2.45, 2.75) is 20.0 Å². The molecule has 1 unspecified atom stereocenters. The van der Waals surface area contributed by atoms with Crippen molar-refractivity contribution in [3.05, 3.63) is 29.3 Å².